The maximum atomic E-state index is 14.8. The average molecular weight is 410 g/mol. The summed E-state index contributed by atoms with van der Waals surface area (Å²) in [6, 6.07) is 15.4. The fourth-order valence-corrected chi connectivity index (χ4v) is 7.53. The van der Waals surface area contributed by atoms with Crippen LogP contribution in [0.25, 0.3) is 5.57 Å². The number of unbranched alkanes of at least 4 members (excludes halogenated alkanes) is 2. The van der Waals surface area contributed by atoms with Crippen molar-refractivity contribution in [1.29, 1.82) is 0 Å². The number of carbonyl (C=O) groups excluding carboxylic acids is 1. The minimum atomic E-state index is -2.96. The van der Waals surface area contributed by atoms with Gasteiger partial charge in [0.2, 0.25) is 0 Å². The monoisotopic (exact) mass is 410 g/mol. The zero-order valence-electron chi connectivity index (χ0n) is 17.7. The molecule has 1 aliphatic rings. The Hall–Kier alpha value is -2.12. The fourth-order valence-electron chi connectivity index (χ4n) is 4.10. The molecule has 2 aromatic carbocycles. The Bertz CT molecular complexity index is 944. The lowest BCUT2D eigenvalue weighted by Gasteiger charge is -2.19. The highest BCUT2D eigenvalue weighted by molar-refractivity contribution is 7.83. The molecule has 0 saturated carbocycles. The molecule has 0 bridgehead atoms. The molecule has 0 amide bonds. The van der Waals surface area contributed by atoms with E-state index in [-0.39, 0.29) is 5.97 Å². The number of hydrogen-bond donors (Lipinski definition) is 0. The standard InChI is InChI=1S/C25H31O3P/c1-4-7-14-21-22-17-16-19(25(26)28-6-3)18-24(22)29(27,23(21)15-8-5-2)20-12-10-9-11-13-20/h9-13,16-18H,4-8,14-15H2,1-3H3. The number of allylic oxidation sites excluding steroid dienone is 2. The molecule has 29 heavy (non-hydrogen) atoms. The molecular formula is C25H31O3P. The normalized spacial score (nSPS) is 18.0. The molecular weight excluding hydrogens is 379 g/mol. The van der Waals surface area contributed by atoms with E-state index >= 15 is 0 Å². The Morgan fingerprint density at radius 1 is 0.931 bits per heavy atom. The summed E-state index contributed by atoms with van der Waals surface area (Å²) >= 11 is 0. The van der Waals surface area contributed by atoms with Crippen LogP contribution in [0.2, 0.25) is 0 Å². The van der Waals surface area contributed by atoms with Gasteiger partial charge in [-0.05, 0) is 55.9 Å². The number of rotatable bonds is 9. The van der Waals surface area contributed by atoms with Crippen LogP contribution in [0.4, 0.5) is 0 Å². The first kappa shape index (κ1) is 21.6. The quantitative estimate of drug-likeness (QED) is 0.361. The molecule has 0 aliphatic carbocycles. The Labute approximate surface area is 174 Å². The molecule has 2 aromatic rings. The van der Waals surface area contributed by atoms with Crippen molar-refractivity contribution < 1.29 is 14.1 Å². The first-order valence-corrected chi connectivity index (χ1v) is 12.5. The molecule has 154 valence electrons. The summed E-state index contributed by atoms with van der Waals surface area (Å²) in [6.07, 6.45) is 6.00. The predicted octanol–water partition coefficient (Wildman–Crippen LogP) is 6.28. The van der Waals surface area contributed by atoms with Crippen LogP contribution in [0, 0.1) is 0 Å². The molecule has 1 unspecified atom stereocenters. The van der Waals surface area contributed by atoms with Gasteiger partial charge in [0.1, 0.15) is 0 Å². The topological polar surface area (TPSA) is 43.4 Å². The van der Waals surface area contributed by atoms with E-state index in [0.29, 0.717) is 12.2 Å². The minimum Gasteiger partial charge on any atom is -0.462 e. The van der Waals surface area contributed by atoms with Crippen LogP contribution in [-0.4, -0.2) is 12.6 Å². The van der Waals surface area contributed by atoms with Crippen molar-refractivity contribution in [2.24, 2.45) is 0 Å². The van der Waals surface area contributed by atoms with Crippen LogP contribution in [0.3, 0.4) is 0 Å². The fraction of sp³-hybridized carbons (Fsp3) is 0.400. The molecule has 0 radical (unpaired) electrons. The van der Waals surface area contributed by atoms with Crippen LogP contribution < -0.4 is 10.6 Å². The zero-order valence-corrected chi connectivity index (χ0v) is 18.6. The van der Waals surface area contributed by atoms with Crippen LogP contribution in [0.5, 0.6) is 0 Å². The average Bonchev–Trinajstić information content (AvgIpc) is 2.99. The number of hydrogen-bond acceptors (Lipinski definition) is 3. The third-order valence-electron chi connectivity index (χ3n) is 5.57. The van der Waals surface area contributed by atoms with Crippen LogP contribution in [0.15, 0.2) is 53.8 Å². The van der Waals surface area contributed by atoms with E-state index in [1.807, 2.05) is 48.5 Å². The van der Waals surface area contributed by atoms with Crippen molar-refractivity contribution in [3.8, 4) is 0 Å². The first-order valence-electron chi connectivity index (χ1n) is 10.8. The number of esters is 1. The Morgan fingerprint density at radius 3 is 2.28 bits per heavy atom. The summed E-state index contributed by atoms with van der Waals surface area (Å²) in [5, 5.41) is 2.77. The van der Waals surface area contributed by atoms with Crippen LogP contribution in [-0.2, 0) is 9.30 Å². The van der Waals surface area contributed by atoms with Gasteiger partial charge in [0.05, 0.1) is 12.2 Å². The van der Waals surface area contributed by atoms with E-state index in [1.54, 1.807) is 6.92 Å². The highest BCUT2D eigenvalue weighted by Gasteiger charge is 2.41. The van der Waals surface area contributed by atoms with Crippen molar-refractivity contribution in [3.05, 3.63) is 65.0 Å². The number of carbonyl (C=O) groups is 1. The van der Waals surface area contributed by atoms with Gasteiger partial charge in [-0.2, -0.15) is 0 Å². The minimum absolute atomic E-state index is 0.327. The van der Waals surface area contributed by atoms with E-state index in [4.69, 9.17) is 4.74 Å². The van der Waals surface area contributed by atoms with E-state index < -0.39 is 7.14 Å². The summed E-state index contributed by atoms with van der Waals surface area (Å²) in [6.45, 7) is 6.48. The summed E-state index contributed by atoms with van der Waals surface area (Å²) < 4.78 is 20.0. The van der Waals surface area contributed by atoms with Crippen molar-refractivity contribution in [2.75, 3.05) is 6.61 Å². The molecule has 3 rings (SSSR count). The highest BCUT2D eigenvalue weighted by Crippen LogP contribution is 2.62. The second-order valence-corrected chi connectivity index (χ2v) is 10.3. The molecule has 1 heterocycles. The maximum absolute atomic E-state index is 14.8. The van der Waals surface area contributed by atoms with Gasteiger partial charge in [-0.15, -0.1) is 0 Å². The predicted molar refractivity (Wildman–Crippen MR) is 122 cm³/mol. The number of fused-ring (bicyclic) bond motifs is 1. The molecule has 3 nitrogen and oxygen atoms in total. The van der Waals surface area contributed by atoms with Crippen LogP contribution in [0.1, 0.15) is 75.2 Å². The number of benzene rings is 2. The number of ether oxygens (including phenoxy) is 1. The molecule has 0 aromatic heterocycles. The van der Waals surface area contributed by atoms with Crippen molar-refractivity contribution in [1.82, 2.24) is 0 Å². The summed E-state index contributed by atoms with van der Waals surface area (Å²) in [7, 11) is -2.96. The molecule has 4 heteroatoms. The van der Waals surface area contributed by atoms with Gasteiger partial charge in [0, 0.05) is 15.9 Å². The van der Waals surface area contributed by atoms with Gasteiger partial charge in [0.15, 0.2) is 7.14 Å². The van der Waals surface area contributed by atoms with E-state index in [2.05, 4.69) is 13.8 Å². The van der Waals surface area contributed by atoms with Crippen molar-refractivity contribution in [2.45, 2.75) is 59.3 Å². The third kappa shape index (κ3) is 4.12. The summed E-state index contributed by atoms with van der Waals surface area (Å²) in [5.74, 6) is -0.355. The molecule has 0 fully saturated rings. The Morgan fingerprint density at radius 2 is 1.62 bits per heavy atom. The van der Waals surface area contributed by atoms with Gasteiger partial charge in [0.25, 0.3) is 0 Å². The molecule has 0 saturated heterocycles. The van der Waals surface area contributed by atoms with Gasteiger partial charge < -0.3 is 9.30 Å². The van der Waals surface area contributed by atoms with Gasteiger partial charge in [-0.1, -0.05) is 63.1 Å². The lowest BCUT2D eigenvalue weighted by atomic mass is 9.97. The molecule has 0 N–H and O–H groups in total. The molecule has 0 spiro atoms. The van der Waals surface area contributed by atoms with E-state index in [0.717, 1.165) is 60.0 Å². The summed E-state index contributed by atoms with van der Waals surface area (Å²) in [4.78, 5) is 12.4. The SMILES string of the molecule is CCCCC1=C(CCCC)P(=O)(c2ccccc2)c2cc(C(=O)OCC)ccc21. The molecule has 1 atom stereocenters. The van der Waals surface area contributed by atoms with Gasteiger partial charge in [-0.25, -0.2) is 4.79 Å². The van der Waals surface area contributed by atoms with E-state index in [9.17, 15) is 9.36 Å². The van der Waals surface area contributed by atoms with Crippen molar-refractivity contribution >= 4 is 29.3 Å². The Balaban J connectivity index is 2.22. The summed E-state index contributed by atoms with van der Waals surface area (Å²) in [5.41, 5.74) is 2.77. The van der Waals surface area contributed by atoms with E-state index in [1.165, 1.54) is 5.57 Å². The lowest BCUT2D eigenvalue weighted by molar-refractivity contribution is 0.0526. The second-order valence-electron chi connectivity index (χ2n) is 7.53. The van der Waals surface area contributed by atoms with Crippen LogP contribution >= 0.6 is 7.14 Å². The lowest BCUT2D eigenvalue weighted by Crippen LogP contribution is -2.18. The van der Waals surface area contributed by atoms with Gasteiger partial charge in [-0.3, -0.25) is 0 Å². The van der Waals surface area contributed by atoms with Crippen molar-refractivity contribution in [3.63, 3.8) is 0 Å². The third-order valence-corrected chi connectivity index (χ3v) is 8.90. The zero-order chi connectivity index (χ0) is 20.9. The maximum Gasteiger partial charge on any atom is 0.338 e. The largest absolute Gasteiger partial charge is 0.462 e. The Kier molecular flexibility index (Phi) is 7.14. The molecule has 1 aliphatic heterocycles. The smallest absolute Gasteiger partial charge is 0.338 e. The first-order chi connectivity index (χ1) is 14.1. The highest BCUT2D eigenvalue weighted by atomic mass is 31.2. The van der Waals surface area contributed by atoms with Gasteiger partial charge >= 0.3 is 5.97 Å². The second kappa shape index (κ2) is 9.59.